The van der Waals surface area contributed by atoms with Crippen molar-refractivity contribution in [2.75, 3.05) is 0 Å². The van der Waals surface area contributed by atoms with Crippen molar-refractivity contribution < 1.29 is 5.11 Å². The van der Waals surface area contributed by atoms with Gasteiger partial charge < -0.3 is 5.11 Å². The van der Waals surface area contributed by atoms with Crippen LogP contribution in [-0.2, 0) is 0 Å². The van der Waals surface area contributed by atoms with E-state index in [4.69, 9.17) is 0 Å². The summed E-state index contributed by atoms with van der Waals surface area (Å²) in [5.74, 6) is 0.374. The Labute approximate surface area is 79.7 Å². The summed E-state index contributed by atoms with van der Waals surface area (Å²) in [5.41, 5.74) is 1.99. The van der Waals surface area contributed by atoms with Crippen LogP contribution in [0, 0.1) is 6.92 Å². The van der Waals surface area contributed by atoms with Gasteiger partial charge in [0.05, 0.1) is 0 Å². The number of rotatable bonds is 3. The molecule has 0 aliphatic carbocycles. The zero-order chi connectivity index (χ0) is 9.68. The molecule has 0 heterocycles. The summed E-state index contributed by atoms with van der Waals surface area (Å²) in [6, 6.07) is 5.74. The molecule has 0 aliphatic heterocycles. The van der Waals surface area contributed by atoms with Crippen LogP contribution in [0.5, 0.6) is 5.75 Å². The van der Waals surface area contributed by atoms with Crippen LogP contribution in [0.4, 0.5) is 0 Å². The van der Waals surface area contributed by atoms with Gasteiger partial charge in [-0.3, -0.25) is 0 Å². The molecule has 0 aliphatic rings. The van der Waals surface area contributed by atoms with Gasteiger partial charge in [0.15, 0.2) is 0 Å². The number of hydrogen-bond donors (Lipinski definition) is 1. The minimum absolute atomic E-state index is 0.374. The van der Waals surface area contributed by atoms with E-state index in [1.807, 2.05) is 25.1 Å². The van der Waals surface area contributed by atoms with Crippen molar-refractivity contribution in [2.24, 2.45) is 0 Å². The average molecular weight is 176 g/mol. The molecule has 0 bridgehead atoms. The Morgan fingerprint density at radius 1 is 1.38 bits per heavy atom. The molecule has 0 atom stereocenters. The first-order valence-corrected chi connectivity index (χ1v) is 4.70. The van der Waals surface area contributed by atoms with Gasteiger partial charge in [0.1, 0.15) is 5.75 Å². The molecule has 1 nitrogen and oxygen atoms in total. The summed E-state index contributed by atoms with van der Waals surface area (Å²) in [4.78, 5) is 0. The highest BCUT2D eigenvalue weighted by Gasteiger charge is 1.94. The molecule has 1 aromatic rings. The van der Waals surface area contributed by atoms with E-state index < -0.39 is 0 Å². The fraction of sp³-hybridized carbons (Fsp3) is 0.333. The van der Waals surface area contributed by atoms with Gasteiger partial charge in [-0.1, -0.05) is 37.6 Å². The van der Waals surface area contributed by atoms with Gasteiger partial charge in [-0.25, -0.2) is 0 Å². The van der Waals surface area contributed by atoms with Crippen LogP contribution in [0.25, 0.3) is 6.08 Å². The SMILES string of the molecule is CCC/C=C/c1ccc(C)c(O)c1. The molecule has 70 valence electrons. The molecule has 1 aromatic carbocycles. The van der Waals surface area contributed by atoms with Crippen LogP contribution in [-0.4, -0.2) is 5.11 Å². The fourth-order valence-electron chi connectivity index (χ4n) is 1.12. The monoisotopic (exact) mass is 176 g/mol. The molecule has 1 heteroatoms. The highest BCUT2D eigenvalue weighted by atomic mass is 16.3. The predicted octanol–water partition coefficient (Wildman–Crippen LogP) is 3.51. The Kier molecular flexibility index (Phi) is 3.56. The highest BCUT2D eigenvalue weighted by Crippen LogP contribution is 2.18. The molecular formula is C12H16O. The molecule has 0 amide bonds. The van der Waals surface area contributed by atoms with E-state index in [9.17, 15) is 5.11 Å². The van der Waals surface area contributed by atoms with E-state index in [2.05, 4.69) is 13.0 Å². The third-order valence-corrected chi connectivity index (χ3v) is 2.00. The smallest absolute Gasteiger partial charge is 0.119 e. The van der Waals surface area contributed by atoms with Crippen LogP contribution < -0.4 is 0 Å². The normalized spacial score (nSPS) is 10.9. The van der Waals surface area contributed by atoms with Crippen LogP contribution in [0.3, 0.4) is 0 Å². The van der Waals surface area contributed by atoms with E-state index in [0.717, 1.165) is 24.0 Å². The molecule has 0 saturated heterocycles. The molecule has 0 radical (unpaired) electrons. The van der Waals surface area contributed by atoms with E-state index in [1.165, 1.54) is 0 Å². The molecule has 0 spiro atoms. The van der Waals surface area contributed by atoms with Crippen molar-refractivity contribution in [3.05, 3.63) is 35.4 Å². The Morgan fingerprint density at radius 3 is 2.77 bits per heavy atom. The number of allylic oxidation sites excluding steroid dienone is 1. The third-order valence-electron chi connectivity index (χ3n) is 2.00. The maximum Gasteiger partial charge on any atom is 0.119 e. The lowest BCUT2D eigenvalue weighted by molar-refractivity contribution is 0.471. The predicted molar refractivity (Wildman–Crippen MR) is 56.8 cm³/mol. The average Bonchev–Trinajstić information content (AvgIpc) is 2.12. The van der Waals surface area contributed by atoms with Gasteiger partial charge in [0, 0.05) is 0 Å². The molecular weight excluding hydrogens is 160 g/mol. The Bertz CT molecular complexity index is 300. The first-order chi connectivity index (χ1) is 6.24. The maximum atomic E-state index is 9.42. The second kappa shape index (κ2) is 4.70. The van der Waals surface area contributed by atoms with Gasteiger partial charge in [0.25, 0.3) is 0 Å². The van der Waals surface area contributed by atoms with Crippen LogP contribution in [0.1, 0.15) is 30.9 Å². The topological polar surface area (TPSA) is 20.2 Å². The Morgan fingerprint density at radius 2 is 2.15 bits per heavy atom. The number of phenolic OH excluding ortho intramolecular Hbond substituents is 1. The zero-order valence-corrected chi connectivity index (χ0v) is 8.25. The number of aryl methyl sites for hydroxylation is 1. The largest absolute Gasteiger partial charge is 0.508 e. The van der Waals surface area contributed by atoms with E-state index in [0.29, 0.717) is 5.75 Å². The van der Waals surface area contributed by atoms with Gasteiger partial charge in [0.2, 0.25) is 0 Å². The molecule has 0 fully saturated rings. The van der Waals surface area contributed by atoms with Crippen molar-refractivity contribution in [1.29, 1.82) is 0 Å². The van der Waals surface area contributed by atoms with Crippen molar-refractivity contribution in [1.82, 2.24) is 0 Å². The lowest BCUT2D eigenvalue weighted by Gasteiger charge is -1.99. The fourth-order valence-corrected chi connectivity index (χ4v) is 1.12. The molecule has 1 rings (SSSR count). The number of aromatic hydroxyl groups is 1. The molecule has 1 N–H and O–H groups in total. The molecule has 13 heavy (non-hydrogen) atoms. The minimum Gasteiger partial charge on any atom is -0.508 e. The van der Waals surface area contributed by atoms with Crippen molar-refractivity contribution in [2.45, 2.75) is 26.7 Å². The second-order valence-electron chi connectivity index (χ2n) is 3.24. The lowest BCUT2D eigenvalue weighted by Crippen LogP contribution is -1.76. The first-order valence-electron chi connectivity index (χ1n) is 4.70. The van der Waals surface area contributed by atoms with E-state index in [-0.39, 0.29) is 0 Å². The van der Waals surface area contributed by atoms with Gasteiger partial charge in [-0.15, -0.1) is 0 Å². The highest BCUT2D eigenvalue weighted by molar-refractivity contribution is 5.53. The minimum atomic E-state index is 0.374. The summed E-state index contributed by atoms with van der Waals surface area (Å²) in [5, 5.41) is 9.42. The number of hydrogen-bond acceptors (Lipinski definition) is 1. The molecule has 0 unspecified atom stereocenters. The molecule has 0 saturated carbocycles. The first kappa shape index (κ1) is 9.85. The maximum absolute atomic E-state index is 9.42. The standard InChI is InChI=1S/C12H16O/c1-3-4-5-6-11-8-7-10(2)12(13)9-11/h5-9,13H,3-4H2,1-2H3/b6-5+. The van der Waals surface area contributed by atoms with Gasteiger partial charge >= 0.3 is 0 Å². The second-order valence-corrected chi connectivity index (χ2v) is 3.24. The van der Waals surface area contributed by atoms with Gasteiger partial charge in [-0.2, -0.15) is 0 Å². The summed E-state index contributed by atoms with van der Waals surface area (Å²) < 4.78 is 0. The Balaban J connectivity index is 2.73. The third kappa shape index (κ3) is 2.94. The summed E-state index contributed by atoms with van der Waals surface area (Å²) in [7, 11) is 0. The van der Waals surface area contributed by atoms with Crippen LogP contribution >= 0.6 is 0 Å². The zero-order valence-electron chi connectivity index (χ0n) is 8.25. The van der Waals surface area contributed by atoms with Crippen molar-refractivity contribution >= 4 is 6.08 Å². The van der Waals surface area contributed by atoms with Crippen LogP contribution in [0.2, 0.25) is 0 Å². The quantitative estimate of drug-likeness (QED) is 0.747. The molecule has 0 aromatic heterocycles. The Hall–Kier alpha value is -1.24. The lowest BCUT2D eigenvalue weighted by atomic mass is 10.1. The van der Waals surface area contributed by atoms with E-state index in [1.54, 1.807) is 6.07 Å². The number of benzene rings is 1. The van der Waals surface area contributed by atoms with Crippen LogP contribution in [0.15, 0.2) is 24.3 Å². The summed E-state index contributed by atoms with van der Waals surface area (Å²) in [6.07, 6.45) is 6.43. The van der Waals surface area contributed by atoms with Crippen molar-refractivity contribution in [3.63, 3.8) is 0 Å². The van der Waals surface area contributed by atoms with Gasteiger partial charge in [-0.05, 0) is 30.5 Å². The summed E-state index contributed by atoms with van der Waals surface area (Å²) in [6.45, 7) is 4.05. The number of unbranched alkanes of at least 4 members (excludes halogenated alkanes) is 1. The summed E-state index contributed by atoms with van der Waals surface area (Å²) >= 11 is 0. The van der Waals surface area contributed by atoms with Crippen molar-refractivity contribution in [3.8, 4) is 5.75 Å². The number of phenols is 1. The van der Waals surface area contributed by atoms with E-state index >= 15 is 0 Å².